The van der Waals surface area contributed by atoms with Gasteiger partial charge in [0.1, 0.15) is 5.69 Å². The fourth-order valence-corrected chi connectivity index (χ4v) is 2.44. The Morgan fingerprint density at radius 1 is 1.00 bits per heavy atom. The smallest absolute Gasteiger partial charge is 0.272 e. The van der Waals surface area contributed by atoms with Crippen LogP contribution in [0.5, 0.6) is 0 Å². The van der Waals surface area contributed by atoms with E-state index < -0.39 is 0 Å². The fraction of sp³-hybridized carbons (Fsp3) is 0.111. The molecule has 0 N–H and O–H groups in total. The molecule has 0 saturated carbocycles. The van der Waals surface area contributed by atoms with Crippen LogP contribution in [-0.4, -0.2) is 22.8 Å². The molecule has 0 aliphatic carbocycles. The summed E-state index contributed by atoms with van der Waals surface area (Å²) in [7, 11) is 1.80. The first-order valence-corrected chi connectivity index (χ1v) is 6.89. The number of amides is 1. The van der Waals surface area contributed by atoms with Crippen molar-refractivity contribution in [1.29, 1.82) is 0 Å². The number of carbonyl (C=O) groups excluding carboxylic acids is 1. The van der Waals surface area contributed by atoms with E-state index in [1.165, 1.54) is 10.8 Å². The van der Waals surface area contributed by atoms with E-state index in [4.69, 9.17) is 0 Å². The lowest BCUT2D eigenvalue weighted by Crippen LogP contribution is -2.27. The highest BCUT2D eigenvalue weighted by molar-refractivity contribution is 5.92. The molecule has 3 heteroatoms. The Labute approximate surface area is 123 Å². The lowest BCUT2D eigenvalue weighted by atomic mass is 10.0. The summed E-state index contributed by atoms with van der Waals surface area (Å²) in [6.07, 6.45) is 1.64. The zero-order valence-corrected chi connectivity index (χ0v) is 11.9. The van der Waals surface area contributed by atoms with Gasteiger partial charge in [-0.05, 0) is 28.5 Å². The van der Waals surface area contributed by atoms with Gasteiger partial charge < -0.3 is 4.90 Å². The minimum absolute atomic E-state index is 0.0662. The summed E-state index contributed by atoms with van der Waals surface area (Å²) in [6.45, 7) is 0.566. The Balaban J connectivity index is 1.87. The van der Waals surface area contributed by atoms with Crippen LogP contribution in [0, 0.1) is 0 Å². The topological polar surface area (TPSA) is 33.2 Å². The monoisotopic (exact) mass is 276 g/mol. The maximum absolute atomic E-state index is 12.3. The van der Waals surface area contributed by atoms with Gasteiger partial charge in [-0.3, -0.25) is 9.78 Å². The normalized spacial score (nSPS) is 10.5. The Morgan fingerprint density at radius 2 is 1.76 bits per heavy atom. The number of pyridine rings is 1. The number of aromatic nitrogens is 1. The summed E-state index contributed by atoms with van der Waals surface area (Å²) >= 11 is 0. The molecule has 3 aromatic rings. The van der Waals surface area contributed by atoms with Gasteiger partial charge in [0, 0.05) is 19.8 Å². The van der Waals surface area contributed by atoms with E-state index in [2.05, 4.69) is 29.2 Å². The van der Waals surface area contributed by atoms with Crippen molar-refractivity contribution in [2.24, 2.45) is 0 Å². The standard InChI is InChI=1S/C18H16N2O/c1-20(18(21)17-11-4-5-12-19-17)13-15-9-6-8-14-7-2-3-10-16(14)15/h2-12H,13H2,1H3. The van der Waals surface area contributed by atoms with Crippen molar-refractivity contribution in [1.82, 2.24) is 9.88 Å². The molecule has 104 valence electrons. The maximum atomic E-state index is 12.3. The lowest BCUT2D eigenvalue weighted by Gasteiger charge is -2.18. The first kappa shape index (κ1) is 13.3. The summed E-state index contributed by atoms with van der Waals surface area (Å²) < 4.78 is 0. The third-order valence-corrected chi connectivity index (χ3v) is 3.52. The van der Waals surface area contributed by atoms with Crippen molar-refractivity contribution in [2.75, 3.05) is 7.05 Å². The summed E-state index contributed by atoms with van der Waals surface area (Å²) in [5, 5.41) is 2.37. The quantitative estimate of drug-likeness (QED) is 0.733. The zero-order chi connectivity index (χ0) is 14.7. The predicted molar refractivity (Wildman–Crippen MR) is 84.0 cm³/mol. The fourth-order valence-electron chi connectivity index (χ4n) is 2.44. The average molecular weight is 276 g/mol. The Hall–Kier alpha value is -2.68. The number of fused-ring (bicyclic) bond motifs is 1. The molecule has 1 heterocycles. The predicted octanol–water partition coefficient (Wildman–Crippen LogP) is 3.51. The van der Waals surface area contributed by atoms with Gasteiger partial charge >= 0.3 is 0 Å². The number of carbonyl (C=O) groups is 1. The molecule has 2 aromatic carbocycles. The summed E-state index contributed by atoms with van der Waals surface area (Å²) in [6, 6.07) is 19.8. The summed E-state index contributed by atoms with van der Waals surface area (Å²) in [4.78, 5) is 18.2. The van der Waals surface area contributed by atoms with E-state index in [1.807, 2.05) is 30.3 Å². The molecule has 3 rings (SSSR count). The second kappa shape index (κ2) is 5.75. The van der Waals surface area contributed by atoms with Crippen LogP contribution >= 0.6 is 0 Å². The van der Waals surface area contributed by atoms with E-state index >= 15 is 0 Å². The van der Waals surface area contributed by atoms with E-state index in [0.29, 0.717) is 12.2 Å². The minimum atomic E-state index is -0.0662. The van der Waals surface area contributed by atoms with Crippen molar-refractivity contribution >= 4 is 16.7 Å². The molecule has 0 aliphatic heterocycles. The van der Waals surface area contributed by atoms with E-state index in [9.17, 15) is 4.79 Å². The van der Waals surface area contributed by atoms with E-state index in [-0.39, 0.29) is 5.91 Å². The van der Waals surface area contributed by atoms with Crippen LogP contribution < -0.4 is 0 Å². The molecule has 0 unspecified atom stereocenters. The zero-order valence-electron chi connectivity index (χ0n) is 11.9. The molecule has 0 saturated heterocycles. The van der Waals surface area contributed by atoms with Crippen molar-refractivity contribution in [2.45, 2.75) is 6.54 Å². The molecule has 1 amide bonds. The molecule has 0 aliphatic rings. The van der Waals surface area contributed by atoms with Crippen LogP contribution in [0.2, 0.25) is 0 Å². The Bertz CT molecular complexity index is 763. The van der Waals surface area contributed by atoms with Crippen LogP contribution in [0.4, 0.5) is 0 Å². The highest BCUT2D eigenvalue weighted by Crippen LogP contribution is 2.20. The number of nitrogens with zero attached hydrogens (tertiary/aromatic N) is 2. The number of rotatable bonds is 3. The molecule has 21 heavy (non-hydrogen) atoms. The van der Waals surface area contributed by atoms with Crippen molar-refractivity contribution in [3.63, 3.8) is 0 Å². The van der Waals surface area contributed by atoms with E-state index in [1.54, 1.807) is 24.2 Å². The maximum Gasteiger partial charge on any atom is 0.272 e. The first-order chi connectivity index (χ1) is 10.3. The molecule has 0 spiro atoms. The average Bonchev–Trinajstić information content (AvgIpc) is 2.55. The van der Waals surface area contributed by atoms with Gasteiger partial charge in [0.2, 0.25) is 0 Å². The number of hydrogen-bond donors (Lipinski definition) is 0. The number of benzene rings is 2. The minimum Gasteiger partial charge on any atom is -0.336 e. The molecule has 1 aromatic heterocycles. The third kappa shape index (κ3) is 2.77. The second-order valence-corrected chi connectivity index (χ2v) is 5.01. The SMILES string of the molecule is CN(Cc1cccc2ccccc12)C(=O)c1ccccn1. The van der Waals surface area contributed by atoms with Gasteiger partial charge in [0.15, 0.2) is 0 Å². The largest absolute Gasteiger partial charge is 0.336 e. The molecule has 0 bridgehead atoms. The first-order valence-electron chi connectivity index (χ1n) is 6.89. The van der Waals surface area contributed by atoms with Crippen molar-refractivity contribution < 1.29 is 4.79 Å². The van der Waals surface area contributed by atoms with Crippen LogP contribution in [0.1, 0.15) is 16.1 Å². The van der Waals surface area contributed by atoms with Crippen LogP contribution in [-0.2, 0) is 6.54 Å². The van der Waals surface area contributed by atoms with Crippen LogP contribution in [0.15, 0.2) is 66.9 Å². The summed E-state index contributed by atoms with van der Waals surface area (Å²) in [5.41, 5.74) is 1.61. The Kier molecular flexibility index (Phi) is 3.65. The molecular weight excluding hydrogens is 260 g/mol. The molecule has 0 radical (unpaired) electrons. The van der Waals surface area contributed by atoms with Gasteiger partial charge in [-0.1, -0.05) is 48.5 Å². The number of hydrogen-bond acceptors (Lipinski definition) is 2. The molecule has 0 fully saturated rings. The van der Waals surface area contributed by atoms with Crippen molar-refractivity contribution in [3.8, 4) is 0 Å². The molecular formula is C18H16N2O. The lowest BCUT2D eigenvalue weighted by molar-refractivity contribution is 0.0780. The van der Waals surface area contributed by atoms with Gasteiger partial charge in [-0.15, -0.1) is 0 Å². The highest BCUT2D eigenvalue weighted by atomic mass is 16.2. The van der Waals surface area contributed by atoms with Crippen LogP contribution in [0.25, 0.3) is 10.8 Å². The highest BCUT2D eigenvalue weighted by Gasteiger charge is 2.13. The Morgan fingerprint density at radius 3 is 2.57 bits per heavy atom. The molecule has 3 nitrogen and oxygen atoms in total. The molecule has 0 atom stereocenters. The van der Waals surface area contributed by atoms with Crippen LogP contribution in [0.3, 0.4) is 0 Å². The second-order valence-electron chi connectivity index (χ2n) is 5.01. The van der Waals surface area contributed by atoms with Crippen molar-refractivity contribution in [3.05, 3.63) is 78.1 Å². The van der Waals surface area contributed by atoms with Gasteiger partial charge in [-0.2, -0.15) is 0 Å². The van der Waals surface area contributed by atoms with Gasteiger partial charge in [0.25, 0.3) is 5.91 Å². The van der Waals surface area contributed by atoms with Gasteiger partial charge in [-0.25, -0.2) is 0 Å². The van der Waals surface area contributed by atoms with Gasteiger partial charge in [0.05, 0.1) is 0 Å². The van der Waals surface area contributed by atoms with E-state index in [0.717, 1.165) is 5.56 Å². The third-order valence-electron chi connectivity index (χ3n) is 3.52. The summed E-state index contributed by atoms with van der Waals surface area (Å²) in [5.74, 6) is -0.0662.